The van der Waals surface area contributed by atoms with Crippen molar-refractivity contribution in [2.24, 2.45) is 0 Å². The summed E-state index contributed by atoms with van der Waals surface area (Å²) in [6.45, 7) is 0.133. The number of nitrogens with one attached hydrogen (secondary N) is 2. The lowest BCUT2D eigenvalue weighted by atomic mass is 9.92. The van der Waals surface area contributed by atoms with Crippen molar-refractivity contribution in [1.82, 2.24) is 25.5 Å². The Balaban J connectivity index is 1.54. The Hall–Kier alpha value is -2.95. The minimum absolute atomic E-state index is 0.133. The van der Waals surface area contributed by atoms with Crippen molar-refractivity contribution in [2.75, 3.05) is 11.9 Å². The van der Waals surface area contributed by atoms with Gasteiger partial charge < -0.3 is 10.6 Å². The Bertz CT molecular complexity index is 725. The van der Waals surface area contributed by atoms with Gasteiger partial charge in [-0.1, -0.05) is 25.7 Å². The van der Waals surface area contributed by atoms with E-state index in [2.05, 4.69) is 32.2 Å². The van der Waals surface area contributed by atoms with Gasteiger partial charge in [-0.05, 0) is 47.5 Å². The second kappa shape index (κ2) is 7.75. The SMILES string of the molecule is N#CC1(NC(=O)CNc2ccc(-n3cnnn3)cc2)CCCCCC1. The van der Waals surface area contributed by atoms with Crippen molar-refractivity contribution in [3.05, 3.63) is 30.6 Å². The van der Waals surface area contributed by atoms with E-state index < -0.39 is 5.54 Å². The van der Waals surface area contributed by atoms with Crippen LogP contribution in [0.15, 0.2) is 30.6 Å². The zero-order valence-electron chi connectivity index (χ0n) is 14.0. The van der Waals surface area contributed by atoms with Crippen LogP contribution in [0.25, 0.3) is 5.69 Å². The predicted octanol–water partition coefficient (Wildman–Crippen LogP) is 1.81. The van der Waals surface area contributed by atoms with E-state index in [1.165, 1.54) is 6.33 Å². The van der Waals surface area contributed by atoms with Crippen molar-refractivity contribution in [2.45, 2.75) is 44.1 Å². The number of nitrogens with zero attached hydrogens (tertiary/aromatic N) is 5. The molecule has 1 aromatic carbocycles. The number of amides is 1. The standard InChI is InChI=1S/C17H21N7O/c18-12-17(9-3-1-2-4-10-17)21-16(25)11-19-14-5-7-15(8-6-14)24-13-20-22-23-24/h5-8,13,19H,1-4,9-11H2,(H,21,25). The summed E-state index contributed by atoms with van der Waals surface area (Å²) in [5.41, 5.74) is 0.944. The van der Waals surface area contributed by atoms with Gasteiger partial charge in [0.1, 0.15) is 11.9 Å². The highest BCUT2D eigenvalue weighted by atomic mass is 16.2. The summed E-state index contributed by atoms with van der Waals surface area (Å²) in [6.07, 6.45) is 7.21. The molecular formula is C17H21N7O. The molecule has 8 nitrogen and oxygen atoms in total. The Labute approximate surface area is 146 Å². The molecule has 130 valence electrons. The third-order valence-electron chi connectivity index (χ3n) is 4.48. The maximum absolute atomic E-state index is 12.3. The van der Waals surface area contributed by atoms with Gasteiger partial charge in [0.25, 0.3) is 0 Å². The van der Waals surface area contributed by atoms with E-state index in [9.17, 15) is 10.1 Å². The zero-order valence-corrected chi connectivity index (χ0v) is 14.0. The summed E-state index contributed by atoms with van der Waals surface area (Å²) in [5, 5.41) is 26.5. The van der Waals surface area contributed by atoms with Crippen LogP contribution >= 0.6 is 0 Å². The van der Waals surface area contributed by atoms with Crippen LogP contribution in [0.1, 0.15) is 38.5 Å². The summed E-state index contributed by atoms with van der Waals surface area (Å²) < 4.78 is 1.55. The molecule has 0 spiro atoms. The van der Waals surface area contributed by atoms with Crippen LogP contribution in [0.3, 0.4) is 0 Å². The minimum Gasteiger partial charge on any atom is -0.376 e. The van der Waals surface area contributed by atoms with Gasteiger partial charge in [-0.3, -0.25) is 4.79 Å². The van der Waals surface area contributed by atoms with Crippen LogP contribution < -0.4 is 10.6 Å². The molecule has 1 saturated carbocycles. The molecule has 0 unspecified atom stereocenters. The van der Waals surface area contributed by atoms with Gasteiger partial charge >= 0.3 is 0 Å². The number of aromatic nitrogens is 4. The Morgan fingerprint density at radius 3 is 2.52 bits per heavy atom. The molecule has 25 heavy (non-hydrogen) atoms. The molecule has 0 bridgehead atoms. The van der Waals surface area contributed by atoms with Crippen molar-refractivity contribution in [3.8, 4) is 11.8 Å². The molecule has 1 aliphatic carbocycles. The smallest absolute Gasteiger partial charge is 0.240 e. The van der Waals surface area contributed by atoms with Gasteiger partial charge in [0.2, 0.25) is 5.91 Å². The summed E-state index contributed by atoms with van der Waals surface area (Å²) >= 11 is 0. The van der Waals surface area contributed by atoms with Gasteiger partial charge in [0.05, 0.1) is 18.3 Å². The van der Waals surface area contributed by atoms with E-state index in [0.29, 0.717) is 0 Å². The first-order valence-electron chi connectivity index (χ1n) is 8.50. The molecule has 0 atom stereocenters. The fraction of sp³-hybridized carbons (Fsp3) is 0.471. The lowest BCUT2D eigenvalue weighted by Crippen LogP contribution is -2.48. The van der Waals surface area contributed by atoms with E-state index in [4.69, 9.17) is 0 Å². The second-order valence-electron chi connectivity index (χ2n) is 6.31. The molecule has 1 heterocycles. The number of rotatable bonds is 5. The van der Waals surface area contributed by atoms with Gasteiger partial charge in [0.15, 0.2) is 0 Å². The molecule has 8 heteroatoms. The zero-order chi connectivity index (χ0) is 17.5. The van der Waals surface area contributed by atoms with E-state index in [-0.39, 0.29) is 12.5 Å². The van der Waals surface area contributed by atoms with Gasteiger partial charge in [-0.2, -0.15) is 5.26 Å². The number of anilines is 1. The average molecular weight is 339 g/mol. The monoisotopic (exact) mass is 339 g/mol. The number of hydrogen-bond acceptors (Lipinski definition) is 6. The average Bonchev–Trinajstić information content (AvgIpc) is 3.08. The Morgan fingerprint density at radius 2 is 1.92 bits per heavy atom. The van der Waals surface area contributed by atoms with Crippen LogP contribution in [0.2, 0.25) is 0 Å². The molecule has 1 aromatic heterocycles. The molecule has 2 N–H and O–H groups in total. The molecule has 3 rings (SSSR count). The molecular weight excluding hydrogens is 318 g/mol. The number of carbonyl (C=O) groups excluding carboxylic acids is 1. The van der Waals surface area contributed by atoms with E-state index in [0.717, 1.165) is 49.9 Å². The number of benzene rings is 1. The Kier molecular flexibility index (Phi) is 5.23. The molecule has 1 aliphatic rings. The maximum atomic E-state index is 12.3. The largest absolute Gasteiger partial charge is 0.376 e. The minimum atomic E-state index is -0.709. The van der Waals surface area contributed by atoms with Gasteiger partial charge in [-0.25, -0.2) is 4.68 Å². The maximum Gasteiger partial charge on any atom is 0.240 e. The highest BCUT2D eigenvalue weighted by Gasteiger charge is 2.32. The lowest BCUT2D eigenvalue weighted by Gasteiger charge is -2.26. The van der Waals surface area contributed by atoms with Crippen LogP contribution in [0.4, 0.5) is 5.69 Å². The number of tetrazole rings is 1. The first kappa shape index (κ1) is 16.9. The van der Waals surface area contributed by atoms with Crippen molar-refractivity contribution >= 4 is 11.6 Å². The molecule has 0 saturated heterocycles. The van der Waals surface area contributed by atoms with Crippen LogP contribution in [-0.2, 0) is 4.79 Å². The summed E-state index contributed by atoms with van der Waals surface area (Å²) in [5.74, 6) is -0.159. The Morgan fingerprint density at radius 1 is 1.20 bits per heavy atom. The van der Waals surface area contributed by atoms with Gasteiger partial charge in [0, 0.05) is 5.69 Å². The molecule has 0 aliphatic heterocycles. The van der Waals surface area contributed by atoms with Crippen molar-refractivity contribution < 1.29 is 4.79 Å². The fourth-order valence-corrected chi connectivity index (χ4v) is 3.10. The number of carbonyl (C=O) groups is 1. The summed E-state index contributed by atoms with van der Waals surface area (Å²) in [7, 11) is 0. The number of hydrogen-bond donors (Lipinski definition) is 2. The predicted molar refractivity (Wildman–Crippen MR) is 91.8 cm³/mol. The molecule has 1 amide bonds. The van der Waals surface area contributed by atoms with E-state index in [1.807, 2.05) is 24.3 Å². The fourth-order valence-electron chi connectivity index (χ4n) is 3.10. The summed E-state index contributed by atoms with van der Waals surface area (Å²) in [6, 6.07) is 9.76. The molecule has 1 fully saturated rings. The van der Waals surface area contributed by atoms with Crippen molar-refractivity contribution in [3.63, 3.8) is 0 Å². The van der Waals surface area contributed by atoms with Gasteiger partial charge in [-0.15, -0.1) is 5.10 Å². The summed E-state index contributed by atoms with van der Waals surface area (Å²) in [4.78, 5) is 12.3. The van der Waals surface area contributed by atoms with Crippen molar-refractivity contribution in [1.29, 1.82) is 5.26 Å². The highest BCUT2D eigenvalue weighted by Crippen LogP contribution is 2.26. The number of nitriles is 1. The van der Waals surface area contributed by atoms with Crippen LogP contribution in [0.5, 0.6) is 0 Å². The quantitative estimate of drug-likeness (QED) is 0.804. The first-order chi connectivity index (χ1) is 12.2. The second-order valence-corrected chi connectivity index (χ2v) is 6.31. The normalized spacial score (nSPS) is 16.4. The lowest BCUT2D eigenvalue weighted by molar-refractivity contribution is -0.120. The third-order valence-corrected chi connectivity index (χ3v) is 4.48. The van der Waals surface area contributed by atoms with Crippen LogP contribution in [-0.4, -0.2) is 38.2 Å². The highest BCUT2D eigenvalue weighted by molar-refractivity contribution is 5.81. The first-order valence-corrected chi connectivity index (χ1v) is 8.50. The topological polar surface area (TPSA) is 109 Å². The molecule has 2 aromatic rings. The molecule has 0 radical (unpaired) electrons. The van der Waals surface area contributed by atoms with E-state index in [1.54, 1.807) is 4.68 Å². The van der Waals surface area contributed by atoms with E-state index >= 15 is 0 Å². The van der Waals surface area contributed by atoms with Crippen LogP contribution in [0, 0.1) is 11.3 Å². The third kappa shape index (κ3) is 4.32.